The lowest BCUT2D eigenvalue weighted by molar-refractivity contribution is 0.127. The lowest BCUT2D eigenvalue weighted by Gasteiger charge is -2.21. The van der Waals surface area contributed by atoms with Crippen LogP contribution in [0, 0.1) is 5.92 Å². The van der Waals surface area contributed by atoms with Gasteiger partial charge in [0.05, 0.1) is 6.10 Å². The molecule has 3 rings (SSSR count). The van der Waals surface area contributed by atoms with Crippen LogP contribution in [0.25, 0.3) is 0 Å². The summed E-state index contributed by atoms with van der Waals surface area (Å²) >= 11 is 6.50. The Bertz CT molecular complexity index is 767. The number of aliphatic hydroxyl groups is 1. The van der Waals surface area contributed by atoms with E-state index in [0.717, 1.165) is 24.3 Å². The molecule has 0 spiro atoms. The van der Waals surface area contributed by atoms with Gasteiger partial charge in [-0.1, -0.05) is 75.5 Å². The summed E-state index contributed by atoms with van der Waals surface area (Å²) in [5.74, 6) is 0.926. The molecule has 3 unspecified atom stereocenters. The molecule has 0 saturated heterocycles. The predicted molar refractivity (Wildman–Crippen MR) is 116 cm³/mol. The van der Waals surface area contributed by atoms with Crippen molar-refractivity contribution in [3.05, 3.63) is 69.2 Å². The SMILES string of the molecule is CCCC(C)CC(O)CC(C)c1ccc(Cl)c(Cc2ccc3c(c2)CC3)c1. The van der Waals surface area contributed by atoms with Crippen molar-refractivity contribution in [1.82, 2.24) is 0 Å². The molecule has 1 aliphatic rings. The molecule has 0 saturated carbocycles. The van der Waals surface area contributed by atoms with E-state index in [2.05, 4.69) is 51.1 Å². The number of rotatable bonds is 9. The zero-order valence-electron chi connectivity index (χ0n) is 17.0. The molecule has 1 N–H and O–H groups in total. The molecule has 0 aromatic heterocycles. The van der Waals surface area contributed by atoms with Crippen molar-refractivity contribution in [2.75, 3.05) is 0 Å². The van der Waals surface area contributed by atoms with Crippen molar-refractivity contribution >= 4 is 11.6 Å². The van der Waals surface area contributed by atoms with Gasteiger partial charge in [-0.3, -0.25) is 0 Å². The summed E-state index contributed by atoms with van der Waals surface area (Å²) in [6.45, 7) is 6.66. The molecular weight excluding hydrogens is 352 g/mol. The average Bonchev–Trinajstić information content (AvgIpc) is 2.59. The van der Waals surface area contributed by atoms with Gasteiger partial charge in [0.1, 0.15) is 0 Å². The van der Waals surface area contributed by atoms with Gasteiger partial charge in [-0.25, -0.2) is 0 Å². The molecule has 0 aliphatic heterocycles. The van der Waals surface area contributed by atoms with Gasteiger partial charge in [-0.2, -0.15) is 0 Å². The average molecular weight is 385 g/mol. The molecule has 0 radical (unpaired) electrons. The third-order valence-corrected chi connectivity index (χ3v) is 6.42. The predicted octanol–water partition coefficient (Wildman–Crippen LogP) is 6.71. The van der Waals surface area contributed by atoms with E-state index in [-0.39, 0.29) is 6.10 Å². The van der Waals surface area contributed by atoms with E-state index in [1.165, 1.54) is 53.5 Å². The Morgan fingerprint density at radius 1 is 1.00 bits per heavy atom. The highest BCUT2D eigenvalue weighted by Gasteiger charge is 2.17. The Morgan fingerprint density at radius 3 is 2.44 bits per heavy atom. The topological polar surface area (TPSA) is 20.2 Å². The molecule has 2 aromatic carbocycles. The molecular formula is C25H33ClO. The van der Waals surface area contributed by atoms with Crippen LogP contribution in [0.2, 0.25) is 5.02 Å². The minimum absolute atomic E-state index is 0.228. The normalized spacial score (nSPS) is 16.3. The Kier molecular flexibility index (Phi) is 7.00. The maximum atomic E-state index is 10.5. The lowest BCUT2D eigenvalue weighted by Crippen LogP contribution is -2.15. The monoisotopic (exact) mass is 384 g/mol. The first-order chi connectivity index (χ1) is 13.0. The number of halogens is 1. The minimum Gasteiger partial charge on any atom is -0.393 e. The van der Waals surface area contributed by atoms with Gasteiger partial charge in [-0.15, -0.1) is 0 Å². The minimum atomic E-state index is -0.228. The van der Waals surface area contributed by atoms with Crippen molar-refractivity contribution in [3.8, 4) is 0 Å². The van der Waals surface area contributed by atoms with E-state index in [1.54, 1.807) is 0 Å². The molecule has 0 amide bonds. The van der Waals surface area contributed by atoms with Gasteiger partial charge < -0.3 is 5.11 Å². The first kappa shape index (κ1) is 20.4. The van der Waals surface area contributed by atoms with Gasteiger partial charge in [-0.05, 0) is 77.8 Å². The van der Waals surface area contributed by atoms with Gasteiger partial charge in [0.15, 0.2) is 0 Å². The van der Waals surface area contributed by atoms with E-state index < -0.39 is 0 Å². The highest BCUT2D eigenvalue weighted by Crippen LogP contribution is 2.30. The third kappa shape index (κ3) is 5.36. The zero-order chi connectivity index (χ0) is 19.4. The second-order valence-electron chi connectivity index (χ2n) is 8.55. The maximum Gasteiger partial charge on any atom is 0.0548 e. The van der Waals surface area contributed by atoms with Crippen molar-refractivity contribution in [3.63, 3.8) is 0 Å². The van der Waals surface area contributed by atoms with Gasteiger partial charge in [0, 0.05) is 5.02 Å². The van der Waals surface area contributed by atoms with Crippen LogP contribution < -0.4 is 0 Å². The van der Waals surface area contributed by atoms with Gasteiger partial charge >= 0.3 is 0 Å². The molecule has 2 aromatic rings. The highest BCUT2D eigenvalue weighted by molar-refractivity contribution is 6.31. The number of fused-ring (bicyclic) bond motifs is 1. The van der Waals surface area contributed by atoms with E-state index in [0.29, 0.717) is 11.8 Å². The number of aryl methyl sites for hydroxylation is 2. The summed E-state index contributed by atoms with van der Waals surface area (Å²) in [7, 11) is 0. The highest BCUT2D eigenvalue weighted by atomic mass is 35.5. The molecule has 146 valence electrons. The Hall–Kier alpha value is -1.31. The molecule has 27 heavy (non-hydrogen) atoms. The summed E-state index contributed by atoms with van der Waals surface area (Å²) in [6.07, 6.45) is 7.17. The summed E-state index contributed by atoms with van der Waals surface area (Å²) in [5.41, 5.74) is 6.80. The lowest BCUT2D eigenvalue weighted by atomic mass is 9.85. The van der Waals surface area contributed by atoms with Crippen molar-refractivity contribution in [1.29, 1.82) is 0 Å². The zero-order valence-corrected chi connectivity index (χ0v) is 17.7. The van der Waals surface area contributed by atoms with Gasteiger partial charge in [0.25, 0.3) is 0 Å². The summed E-state index contributed by atoms with van der Waals surface area (Å²) in [5, 5.41) is 11.3. The number of benzene rings is 2. The molecule has 0 heterocycles. The summed E-state index contributed by atoms with van der Waals surface area (Å²) < 4.78 is 0. The Labute approximate surface area is 169 Å². The van der Waals surface area contributed by atoms with Crippen LogP contribution in [0.1, 0.15) is 80.2 Å². The van der Waals surface area contributed by atoms with Crippen LogP contribution in [0.5, 0.6) is 0 Å². The van der Waals surface area contributed by atoms with E-state index in [1.807, 2.05) is 6.07 Å². The third-order valence-electron chi connectivity index (χ3n) is 6.05. The van der Waals surface area contributed by atoms with Crippen LogP contribution in [0.4, 0.5) is 0 Å². The quantitative estimate of drug-likeness (QED) is 0.509. The standard InChI is InChI=1S/C25H33ClO/c1-4-5-17(2)12-24(27)13-18(3)21-10-11-25(26)23(16-21)15-19-6-7-20-8-9-22(20)14-19/h6-7,10-11,14,16-18,24,27H,4-5,8-9,12-13,15H2,1-3H3. The van der Waals surface area contributed by atoms with Crippen LogP contribution in [0.15, 0.2) is 36.4 Å². The van der Waals surface area contributed by atoms with Crippen LogP contribution in [-0.4, -0.2) is 11.2 Å². The molecule has 0 bridgehead atoms. The maximum absolute atomic E-state index is 10.5. The Morgan fingerprint density at radius 2 is 1.78 bits per heavy atom. The molecule has 0 fully saturated rings. The molecule has 3 atom stereocenters. The fourth-order valence-corrected chi connectivity index (χ4v) is 4.51. The molecule has 1 aliphatic carbocycles. The summed E-state index contributed by atoms with van der Waals surface area (Å²) in [6, 6.07) is 13.2. The fraction of sp³-hybridized carbons (Fsp3) is 0.520. The number of hydrogen-bond acceptors (Lipinski definition) is 1. The van der Waals surface area contributed by atoms with Crippen LogP contribution >= 0.6 is 11.6 Å². The smallest absolute Gasteiger partial charge is 0.0548 e. The Balaban J connectivity index is 1.65. The number of hydrogen-bond donors (Lipinski definition) is 1. The van der Waals surface area contributed by atoms with Crippen LogP contribution in [0.3, 0.4) is 0 Å². The van der Waals surface area contributed by atoms with E-state index in [9.17, 15) is 5.11 Å². The summed E-state index contributed by atoms with van der Waals surface area (Å²) in [4.78, 5) is 0. The van der Waals surface area contributed by atoms with Crippen molar-refractivity contribution < 1.29 is 5.11 Å². The molecule has 1 nitrogen and oxygen atoms in total. The van der Waals surface area contributed by atoms with Gasteiger partial charge in [0.2, 0.25) is 0 Å². The van der Waals surface area contributed by atoms with E-state index >= 15 is 0 Å². The van der Waals surface area contributed by atoms with Crippen molar-refractivity contribution in [2.24, 2.45) is 5.92 Å². The van der Waals surface area contributed by atoms with Crippen LogP contribution in [-0.2, 0) is 19.3 Å². The first-order valence-corrected chi connectivity index (χ1v) is 10.9. The fourth-order valence-electron chi connectivity index (χ4n) is 4.33. The second-order valence-corrected chi connectivity index (χ2v) is 8.96. The number of aliphatic hydroxyl groups excluding tert-OH is 1. The largest absolute Gasteiger partial charge is 0.393 e. The first-order valence-electron chi connectivity index (χ1n) is 10.5. The second kappa shape index (κ2) is 9.26. The molecule has 2 heteroatoms. The van der Waals surface area contributed by atoms with E-state index in [4.69, 9.17) is 11.6 Å². The van der Waals surface area contributed by atoms with Crippen molar-refractivity contribution in [2.45, 2.75) is 77.7 Å².